The van der Waals surface area contributed by atoms with E-state index < -0.39 is 15.4 Å². The van der Waals surface area contributed by atoms with Crippen molar-refractivity contribution in [3.8, 4) is 0 Å². The molecule has 1 fully saturated rings. The van der Waals surface area contributed by atoms with E-state index in [0.29, 0.717) is 19.5 Å². The Hall–Kier alpha value is -0.140. The van der Waals surface area contributed by atoms with Gasteiger partial charge in [0.1, 0.15) is 0 Å². The third-order valence-electron chi connectivity index (χ3n) is 4.33. The van der Waals surface area contributed by atoms with Crippen molar-refractivity contribution < 1.29 is 8.42 Å². The summed E-state index contributed by atoms with van der Waals surface area (Å²) in [6, 6.07) is 3.85. The highest BCUT2D eigenvalue weighted by Gasteiger charge is 2.49. The van der Waals surface area contributed by atoms with E-state index in [2.05, 4.69) is 4.90 Å². The first-order valence-electron chi connectivity index (χ1n) is 6.64. The van der Waals surface area contributed by atoms with E-state index in [1.54, 1.807) is 0 Å². The molecule has 0 bridgehead atoms. The van der Waals surface area contributed by atoms with Crippen LogP contribution in [0.15, 0.2) is 12.1 Å². The Morgan fingerprint density at radius 2 is 2.25 bits per heavy atom. The zero-order valence-electron chi connectivity index (χ0n) is 11.8. The van der Waals surface area contributed by atoms with Crippen LogP contribution in [-0.2, 0) is 16.4 Å². The lowest BCUT2D eigenvalue weighted by atomic mass is 9.95. The Labute approximate surface area is 129 Å². The van der Waals surface area contributed by atoms with Crippen LogP contribution >= 0.6 is 22.9 Å². The fourth-order valence-electron chi connectivity index (χ4n) is 3.29. The molecule has 0 aliphatic heterocycles. The van der Waals surface area contributed by atoms with Crippen molar-refractivity contribution in [1.29, 1.82) is 0 Å². The zero-order valence-corrected chi connectivity index (χ0v) is 14.2. The maximum absolute atomic E-state index is 12.1. The number of hydrogen-bond acceptors (Lipinski definition) is 5. The van der Waals surface area contributed by atoms with E-state index in [9.17, 15) is 8.42 Å². The molecular weight excluding hydrogens is 316 g/mol. The molecule has 7 heteroatoms. The smallest absolute Gasteiger partial charge is 0.152 e. The number of nitrogens with two attached hydrogens (primary N) is 1. The standard InChI is InChI=1S/C13H21ClN2O2S2/c1-16(8-10-5-6-12(14)19-10)13(9-15)7-3-4-11(13)20(2,17)18/h5-6,11H,3-4,7-9,15H2,1-2H3. The molecule has 1 aliphatic carbocycles. The van der Waals surface area contributed by atoms with Gasteiger partial charge in [-0.2, -0.15) is 0 Å². The van der Waals surface area contributed by atoms with E-state index in [1.807, 2.05) is 19.2 Å². The van der Waals surface area contributed by atoms with Gasteiger partial charge >= 0.3 is 0 Å². The van der Waals surface area contributed by atoms with Gasteiger partial charge in [0.2, 0.25) is 0 Å². The maximum Gasteiger partial charge on any atom is 0.152 e. The first-order valence-corrected chi connectivity index (χ1v) is 9.79. The Morgan fingerprint density at radius 3 is 2.75 bits per heavy atom. The van der Waals surface area contributed by atoms with E-state index in [-0.39, 0.29) is 5.25 Å². The number of halogens is 1. The van der Waals surface area contributed by atoms with Gasteiger partial charge in [0, 0.05) is 29.8 Å². The average Bonchev–Trinajstić information content (AvgIpc) is 2.95. The van der Waals surface area contributed by atoms with E-state index in [1.165, 1.54) is 17.6 Å². The van der Waals surface area contributed by atoms with Crippen molar-refractivity contribution in [2.45, 2.75) is 36.6 Å². The predicted molar refractivity (Wildman–Crippen MR) is 85.1 cm³/mol. The number of thiophene rings is 1. The van der Waals surface area contributed by atoms with Crippen molar-refractivity contribution in [3.63, 3.8) is 0 Å². The van der Waals surface area contributed by atoms with Gasteiger partial charge in [-0.1, -0.05) is 18.0 Å². The number of sulfone groups is 1. The van der Waals surface area contributed by atoms with Gasteiger partial charge < -0.3 is 5.73 Å². The number of hydrogen-bond donors (Lipinski definition) is 1. The molecule has 1 aliphatic rings. The molecule has 2 N–H and O–H groups in total. The van der Waals surface area contributed by atoms with Gasteiger partial charge in [0.05, 0.1) is 9.59 Å². The minimum Gasteiger partial charge on any atom is -0.329 e. The van der Waals surface area contributed by atoms with Crippen LogP contribution in [0.1, 0.15) is 24.1 Å². The molecule has 0 radical (unpaired) electrons. The molecule has 114 valence electrons. The molecule has 2 atom stereocenters. The molecule has 20 heavy (non-hydrogen) atoms. The Bertz CT molecular complexity index is 573. The Balaban J connectivity index is 2.25. The fraction of sp³-hybridized carbons (Fsp3) is 0.692. The summed E-state index contributed by atoms with van der Waals surface area (Å²) in [4.78, 5) is 3.23. The Kier molecular flexibility index (Phi) is 4.81. The summed E-state index contributed by atoms with van der Waals surface area (Å²) in [6.07, 6.45) is 3.76. The second kappa shape index (κ2) is 5.93. The topological polar surface area (TPSA) is 63.4 Å². The van der Waals surface area contributed by atoms with Crippen LogP contribution in [0.2, 0.25) is 4.34 Å². The molecule has 2 unspecified atom stereocenters. The summed E-state index contributed by atoms with van der Waals surface area (Å²) in [7, 11) is -1.14. The third-order valence-corrected chi connectivity index (χ3v) is 7.25. The summed E-state index contributed by atoms with van der Waals surface area (Å²) in [5, 5.41) is -0.375. The first kappa shape index (κ1) is 16.2. The lowest BCUT2D eigenvalue weighted by Crippen LogP contribution is -2.58. The molecule has 1 saturated carbocycles. The van der Waals surface area contributed by atoms with Gasteiger partial charge in [-0.25, -0.2) is 8.42 Å². The maximum atomic E-state index is 12.1. The van der Waals surface area contributed by atoms with Crippen LogP contribution in [0, 0.1) is 0 Å². The second-order valence-electron chi connectivity index (χ2n) is 5.58. The van der Waals surface area contributed by atoms with Gasteiger partial charge in [0.25, 0.3) is 0 Å². The highest BCUT2D eigenvalue weighted by atomic mass is 35.5. The molecule has 0 spiro atoms. The van der Waals surface area contributed by atoms with Crippen molar-refractivity contribution in [2.75, 3.05) is 19.8 Å². The van der Waals surface area contributed by atoms with Gasteiger partial charge in [-0.15, -0.1) is 11.3 Å². The molecule has 1 aromatic rings. The van der Waals surface area contributed by atoms with Crippen LogP contribution in [-0.4, -0.2) is 44.0 Å². The summed E-state index contributed by atoms with van der Waals surface area (Å²) >= 11 is 7.48. The molecule has 2 rings (SSSR count). The van der Waals surface area contributed by atoms with Crippen molar-refractivity contribution in [3.05, 3.63) is 21.3 Å². The Morgan fingerprint density at radius 1 is 1.55 bits per heavy atom. The summed E-state index contributed by atoms with van der Waals surface area (Å²) in [5.74, 6) is 0. The minimum atomic E-state index is -3.10. The normalized spacial score (nSPS) is 27.4. The molecule has 4 nitrogen and oxygen atoms in total. The molecule has 0 amide bonds. The van der Waals surface area contributed by atoms with Crippen molar-refractivity contribution in [1.82, 2.24) is 4.90 Å². The number of likely N-dealkylation sites (N-methyl/N-ethyl adjacent to an activating group) is 1. The average molecular weight is 337 g/mol. The molecule has 0 aromatic carbocycles. The molecule has 1 aromatic heterocycles. The van der Waals surface area contributed by atoms with Gasteiger partial charge in [0.15, 0.2) is 9.84 Å². The fourth-order valence-corrected chi connectivity index (χ4v) is 6.22. The van der Waals surface area contributed by atoms with E-state index in [4.69, 9.17) is 17.3 Å². The highest BCUT2D eigenvalue weighted by molar-refractivity contribution is 7.91. The molecule has 0 saturated heterocycles. The van der Waals surface area contributed by atoms with Gasteiger partial charge in [-0.05, 0) is 32.0 Å². The lowest BCUT2D eigenvalue weighted by molar-refractivity contribution is 0.127. The van der Waals surface area contributed by atoms with Crippen molar-refractivity contribution in [2.24, 2.45) is 5.73 Å². The predicted octanol–water partition coefficient (Wildman–Crippen LogP) is 2.13. The zero-order chi connectivity index (χ0) is 15.0. The quantitative estimate of drug-likeness (QED) is 0.894. The number of nitrogens with zero attached hydrogens (tertiary/aromatic N) is 1. The van der Waals surface area contributed by atoms with E-state index >= 15 is 0 Å². The minimum absolute atomic E-state index is 0.361. The van der Waals surface area contributed by atoms with Crippen molar-refractivity contribution >= 4 is 32.8 Å². The largest absolute Gasteiger partial charge is 0.329 e. The van der Waals surface area contributed by atoms with Crippen LogP contribution < -0.4 is 5.73 Å². The molecular formula is C13H21ClN2O2S2. The van der Waals surface area contributed by atoms with Crippen LogP contribution in [0.25, 0.3) is 0 Å². The third kappa shape index (κ3) is 3.04. The van der Waals surface area contributed by atoms with Crippen LogP contribution in [0.5, 0.6) is 0 Å². The van der Waals surface area contributed by atoms with Crippen LogP contribution in [0.4, 0.5) is 0 Å². The summed E-state index contributed by atoms with van der Waals surface area (Å²) in [6.45, 7) is 1.04. The molecule has 1 heterocycles. The summed E-state index contributed by atoms with van der Waals surface area (Å²) < 4.78 is 24.9. The first-order chi connectivity index (χ1) is 9.29. The van der Waals surface area contributed by atoms with Crippen LogP contribution in [0.3, 0.4) is 0 Å². The van der Waals surface area contributed by atoms with Gasteiger partial charge in [-0.3, -0.25) is 4.90 Å². The summed E-state index contributed by atoms with van der Waals surface area (Å²) in [5.41, 5.74) is 5.53. The van der Waals surface area contributed by atoms with E-state index in [0.717, 1.165) is 22.1 Å². The second-order valence-corrected chi connectivity index (χ2v) is 9.61. The monoisotopic (exact) mass is 336 g/mol. The number of rotatable bonds is 5. The highest BCUT2D eigenvalue weighted by Crippen LogP contribution is 2.39. The lowest BCUT2D eigenvalue weighted by Gasteiger charge is -2.41. The SMILES string of the molecule is CN(Cc1ccc(Cl)s1)C1(CN)CCCC1S(C)(=O)=O.